The van der Waals surface area contributed by atoms with Crippen LogP contribution in [0.15, 0.2) is 60.7 Å². The number of amides is 1. The zero-order valence-electron chi connectivity index (χ0n) is 20.6. The van der Waals surface area contributed by atoms with Crippen molar-refractivity contribution >= 4 is 12.1 Å². The van der Waals surface area contributed by atoms with Crippen molar-refractivity contribution in [1.82, 2.24) is 4.90 Å². The number of ether oxygens (including phenoxy) is 3. The van der Waals surface area contributed by atoms with Gasteiger partial charge in [0.25, 0.3) is 0 Å². The van der Waals surface area contributed by atoms with Crippen molar-refractivity contribution in [2.24, 2.45) is 0 Å². The number of hydrogen-bond donors (Lipinski definition) is 0. The Kier molecular flexibility index (Phi) is 8.21. The molecule has 1 aliphatic rings. The highest BCUT2D eigenvalue weighted by molar-refractivity contribution is 5.79. The Morgan fingerprint density at radius 1 is 0.889 bits per heavy atom. The molecule has 0 saturated heterocycles. The lowest BCUT2D eigenvalue weighted by atomic mass is 9.89. The summed E-state index contributed by atoms with van der Waals surface area (Å²) in [6, 6.07) is 18.2. The molecule has 1 amide bonds. The highest BCUT2D eigenvalue weighted by Crippen LogP contribution is 2.38. The minimum atomic E-state index is -0.444. The number of halogens is 1. The van der Waals surface area contributed by atoms with Crippen molar-refractivity contribution in [1.29, 1.82) is 0 Å². The van der Waals surface area contributed by atoms with Gasteiger partial charge in [-0.25, -0.2) is 9.18 Å². The van der Waals surface area contributed by atoms with E-state index < -0.39 is 6.09 Å². The normalized spacial score (nSPS) is 12.6. The second kappa shape index (κ2) is 11.7. The number of fused-ring (bicyclic) bond motifs is 1. The average molecular weight is 492 g/mol. The lowest BCUT2D eigenvalue weighted by molar-refractivity contribution is -0.142. The summed E-state index contributed by atoms with van der Waals surface area (Å²) in [6.07, 6.45) is 0.0528. The van der Waals surface area contributed by atoms with E-state index in [4.69, 9.17) is 14.2 Å². The minimum Gasteiger partial charge on any atom is -0.493 e. The molecule has 0 radical (unpaired) electrons. The molecule has 0 aromatic heterocycles. The van der Waals surface area contributed by atoms with Crippen LogP contribution in [0.3, 0.4) is 0 Å². The summed E-state index contributed by atoms with van der Waals surface area (Å²) in [7, 11) is 0. The maximum Gasteiger partial charge on any atom is 0.410 e. The zero-order valence-corrected chi connectivity index (χ0v) is 20.6. The van der Waals surface area contributed by atoms with E-state index in [0.717, 1.165) is 22.3 Å². The maximum atomic E-state index is 14.8. The first-order chi connectivity index (χ1) is 17.5. The molecule has 0 unspecified atom stereocenters. The summed E-state index contributed by atoms with van der Waals surface area (Å²) in [6.45, 7) is 5.16. The molecule has 0 saturated carbocycles. The fraction of sp³-hybridized carbons (Fsp3) is 0.310. The molecule has 6 nitrogen and oxygen atoms in total. The number of hydrogen-bond acceptors (Lipinski definition) is 5. The molecule has 0 fully saturated rings. The van der Waals surface area contributed by atoms with Gasteiger partial charge in [0.2, 0.25) is 0 Å². The maximum absolute atomic E-state index is 14.8. The Balaban J connectivity index is 1.63. The quantitative estimate of drug-likeness (QED) is 0.379. The summed E-state index contributed by atoms with van der Waals surface area (Å²) >= 11 is 0. The van der Waals surface area contributed by atoms with Crippen LogP contribution in [0.25, 0.3) is 11.1 Å². The van der Waals surface area contributed by atoms with E-state index >= 15 is 0 Å². The molecule has 3 aromatic carbocycles. The molecule has 0 aliphatic carbocycles. The lowest BCUT2D eigenvalue weighted by Gasteiger charge is -2.30. The van der Waals surface area contributed by atoms with Gasteiger partial charge in [-0.3, -0.25) is 4.79 Å². The van der Waals surface area contributed by atoms with Crippen molar-refractivity contribution in [2.75, 3.05) is 19.8 Å². The highest BCUT2D eigenvalue weighted by atomic mass is 19.1. The van der Waals surface area contributed by atoms with Gasteiger partial charge in [-0.05, 0) is 66.3 Å². The molecular weight excluding hydrogens is 461 g/mol. The summed E-state index contributed by atoms with van der Waals surface area (Å²) in [5.74, 6) is 0.00969. The van der Waals surface area contributed by atoms with Crippen LogP contribution in [0.2, 0.25) is 0 Å². The third kappa shape index (κ3) is 5.85. The molecule has 36 heavy (non-hydrogen) atoms. The van der Waals surface area contributed by atoms with Gasteiger partial charge in [0.05, 0.1) is 19.6 Å². The van der Waals surface area contributed by atoms with Gasteiger partial charge in [-0.15, -0.1) is 0 Å². The van der Waals surface area contributed by atoms with E-state index in [9.17, 15) is 14.0 Å². The zero-order chi connectivity index (χ0) is 25.5. The van der Waals surface area contributed by atoms with Gasteiger partial charge in [0.1, 0.15) is 18.2 Å². The molecule has 7 heteroatoms. The van der Waals surface area contributed by atoms with Crippen LogP contribution < -0.4 is 4.74 Å². The van der Waals surface area contributed by atoms with Crippen molar-refractivity contribution in [2.45, 2.75) is 39.8 Å². The first-order valence-corrected chi connectivity index (χ1v) is 12.2. The van der Waals surface area contributed by atoms with Crippen LogP contribution in [0.1, 0.15) is 36.1 Å². The summed E-state index contributed by atoms with van der Waals surface area (Å²) in [5, 5.41) is 0. The average Bonchev–Trinajstić information content (AvgIpc) is 2.89. The number of nitrogens with zero attached hydrogens (tertiary/aromatic N) is 1. The van der Waals surface area contributed by atoms with Crippen LogP contribution >= 0.6 is 0 Å². The number of benzene rings is 3. The fourth-order valence-electron chi connectivity index (χ4n) is 4.41. The summed E-state index contributed by atoms with van der Waals surface area (Å²) in [5.41, 5.74) is 4.47. The molecule has 0 spiro atoms. The second-order valence-corrected chi connectivity index (χ2v) is 8.51. The van der Waals surface area contributed by atoms with Crippen molar-refractivity contribution in [3.05, 3.63) is 88.7 Å². The van der Waals surface area contributed by atoms with Crippen LogP contribution in [-0.2, 0) is 40.3 Å². The summed E-state index contributed by atoms with van der Waals surface area (Å²) < 4.78 is 31.3. The molecule has 3 aromatic rings. The van der Waals surface area contributed by atoms with Crippen LogP contribution in [0, 0.1) is 5.82 Å². The third-order valence-electron chi connectivity index (χ3n) is 6.11. The number of carbonyl (C=O) groups excluding carboxylic acids is 2. The molecule has 188 valence electrons. The molecule has 0 N–H and O–H groups in total. The smallest absolute Gasteiger partial charge is 0.410 e. The van der Waals surface area contributed by atoms with Crippen molar-refractivity contribution < 1.29 is 28.2 Å². The predicted octanol–water partition coefficient (Wildman–Crippen LogP) is 5.69. The standard InChI is InChI=1S/C29H30FNO5/c1-3-34-27-13-10-21(17-28(32)35-4-2)16-24(27)22-11-12-26(30)23-14-15-31(18-25(22)23)29(33)36-19-20-8-6-5-7-9-20/h5-13,16H,3-4,14-15,17-19H2,1-2H3. The van der Waals surface area contributed by atoms with E-state index in [1.165, 1.54) is 6.07 Å². The van der Waals surface area contributed by atoms with E-state index in [2.05, 4.69) is 0 Å². The molecule has 4 rings (SSSR count). The highest BCUT2D eigenvalue weighted by Gasteiger charge is 2.27. The summed E-state index contributed by atoms with van der Waals surface area (Å²) in [4.78, 5) is 26.5. The predicted molar refractivity (Wildman–Crippen MR) is 134 cm³/mol. The number of rotatable bonds is 8. The Hall–Kier alpha value is -3.87. The fourth-order valence-corrected chi connectivity index (χ4v) is 4.41. The first kappa shape index (κ1) is 25.2. The van der Waals surface area contributed by atoms with Gasteiger partial charge < -0.3 is 19.1 Å². The molecule has 1 heterocycles. The Bertz CT molecular complexity index is 1230. The Morgan fingerprint density at radius 2 is 1.69 bits per heavy atom. The SMILES string of the molecule is CCOC(=O)Cc1ccc(OCC)c(-c2ccc(F)c3c2CN(C(=O)OCc2ccccc2)CC3)c1. The van der Waals surface area contributed by atoms with Crippen LogP contribution in [-0.4, -0.2) is 36.7 Å². The molecule has 0 bridgehead atoms. The van der Waals surface area contributed by atoms with Gasteiger partial charge in [0, 0.05) is 18.7 Å². The Morgan fingerprint density at radius 3 is 2.44 bits per heavy atom. The second-order valence-electron chi connectivity index (χ2n) is 8.51. The van der Waals surface area contributed by atoms with Crippen molar-refractivity contribution in [3.8, 4) is 16.9 Å². The van der Waals surface area contributed by atoms with Gasteiger partial charge in [-0.2, -0.15) is 0 Å². The van der Waals surface area contributed by atoms with E-state index in [-0.39, 0.29) is 31.4 Å². The molecule has 1 aliphatic heterocycles. The third-order valence-corrected chi connectivity index (χ3v) is 6.11. The largest absolute Gasteiger partial charge is 0.493 e. The van der Waals surface area contributed by atoms with Gasteiger partial charge >= 0.3 is 12.1 Å². The first-order valence-electron chi connectivity index (χ1n) is 12.2. The van der Waals surface area contributed by atoms with Crippen LogP contribution in [0.5, 0.6) is 5.75 Å². The van der Waals surface area contributed by atoms with Gasteiger partial charge in [0.15, 0.2) is 0 Å². The minimum absolute atomic E-state index is 0.120. The monoisotopic (exact) mass is 491 g/mol. The van der Waals surface area contributed by atoms with Crippen molar-refractivity contribution in [3.63, 3.8) is 0 Å². The Labute approximate surface area is 210 Å². The molecular formula is C29H30FNO5. The topological polar surface area (TPSA) is 65.1 Å². The van der Waals surface area contributed by atoms with Crippen LogP contribution in [0.4, 0.5) is 9.18 Å². The number of carbonyl (C=O) groups is 2. The van der Waals surface area contributed by atoms with E-state index in [1.807, 2.05) is 55.5 Å². The van der Waals surface area contributed by atoms with Gasteiger partial charge in [-0.1, -0.05) is 42.5 Å². The van der Waals surface area contributed by atoms with E-state index in [1.54, 1.807) is 17.9 Å². The number of esters is 1. The molecule has 0 atom stereocenters. The lowest BCUT2D eigenvalue weighted by Crippen LogP contribution is -2.37. The van der Waals surface area contributed by atoms with E-state index in [0.29, 0.717) is 43.1 Å².